The van der Waals surface area contributed by atoms with E-state index in [1.807, 2.05) is 18.2 Å². The fraction of sp³-hybridized carbons (Fsp3) is 0.280. The lowest BCUT2D eigenvalue weighted by Gasteiger charge is -2.46. The van der Waals surface area contributed by atoms with Gasteiger partial charge < -0.3 is 10.0 Å². The lowest BCUT2D eigenvalue weighted by atomic mass is 9.93. The monoisotopic (exact) mass is 487 g/mol. The van der Waals surface area contributed by atoms with Crippen LogP contribution in [0.4, 0.5) is 17.6 Å². The molecule has 0 fully saturated rings. The van der Waals surface area contributed by atoms with Crippen LogP contribution in [-0.4, -0.2) is 39.5 Å². The Kier molecular flexibility index (Phi) is 5.34. The molecule has 0 bridgehead atoms. The normalized spacial score (nSPS) is 18.4. The molecule has 2 atom stereocenters. The number of benzene rings is 2. The molecule has 2 aromatic carbocycles. The van der Waals surface area contributed by atoms with Crippen molar-refractivity contribution >= 4 is 5.91 Å². The molecule has 1 aromatic heterocycles. The van der Waals surface area contributed by atoms with Crippen molar-refractivity contribution in [2.45, 2.75) is 38.0 Å². The van der Waals surface area contributed by atoms with Crippen LogP contribution < -0.4 is 10.4 Å². The zero-order chi connectivity index (χ0) is 25.1. The first-order valence-corrected chi connectivity index (χ1v) is 11.0. The Morgan fingerprint density at radius 1 is 1.00 bits per heavy atom. The minimum atomic E-state index is -4.75. The van der Waals surface area contributed by atoms with Crippen LogP contribution in [0.25, 0.3) is 0 Å². The smallest absolute Gasteiger partial charge is 0.408 e. The van der Waals surface area contributed by atoms with Gasteiger partial charge in [0, 0.05) is 12.3 Å². The highest BCUT2D eigenvalue weighted by Gasteiger charge is 2.47. The fourth-order valence-electron chi connectivity index (χ4n) is 4.91. The zero-order valence-corrected chi connectivity index (χ0v) is 18.6. The number of carbonyl (C=O) groups is 1. The number of carbonyl (C=O) groups excluding carboxylic acids is 1. The molecule has 0 saturated carbocycles. The highest BCUT2D eigenvalue weighted by atomic mass is 19.4. The summed E-state index contributed by atoms with van der Waals surface area (Å²) in [5, 5.41) is 11.9. The first-order chi connectivity index (χ1) is 16.6. The summed E-state index contributed by atoms with van der Waals surface area (Å²) in [6.45, 7) is 0.336. The molecule has 1 aliphatic heterocycles. The molecule has 1 amide bonds. The summed E-state index contributed by atoms with van der Waals surface area (Å²) in [5.74, 6) is -2.50. The number of hydrogen-bond acceptors (Lipinski definition) is 4. The van der Waals surface area contributed by atoms with E-state index < -0.39 is 53.5 Å². The number of amides is 1. The van der Waals surface area contributed by atoms with E-state index in [1.165, 1.54) is 28.0 Å². The number of pyridine rings is 1. The molecule has 6 nitrogen and oxygen atoms in total. The number of aromatic hydroxyl groups is 1. The van der Waals surface area contributed by atoms with Gasteiger partial charge in [0.25, 0.3) is 5.91 Å². The number of hydrogen-bond donors (Lipinski definition) is 1. The number of aryl methyl sites for hydroxylation is 1. The van der Waals surface area contributed by atoms with Crippen molar-refractivity contribution in [2.75, 3.05) is 11.7 Å². The van der Waals surface area contributed by atoms with Crippen LogP contribution in [0.2, 0.25) is 0 Å². The van der Waals surface area contributed by atoms with Gasteiger partial charge in [0.2, 0.25) is 5.43 Å². The highest BCUT2D eigenvalue weighted by Crippen LogP contribution is 2.40. The Labute approximate surface area is 197 Å². The van der Waals surface area contributed by atoms with Gasteiger partial charge >= 0.3 is 6.18 Å². The fourth-order valence-corrected chi connectivity index (χ4v) is 4.91. The second-order valence-electron chi connectivity index (χ2n) is 8.70. The van der Waals surface area contributed by atoms with E-state index in [-0.39, 0.29) is 0 Å². The maximum atomic E-state index is 14.9. The van der Waals surface area contributed by atoms with Crippen LogP contribution >= 0.6 is 0 Å². The van der Waals surface area contributed by atoms with Crippen LogP contribution in [0.5, 0.6) is 5.75 Å². The van der Waals surface area contributed by atoms with Crippen molar-refractivity contribution in [2.24, 2.45) is 0 Å². The summed E-state index contributed by atoms with van der Waals surface area (Å²) >= 11 is 0. The van der Waals surface area contributed by atoms with Gasteiger partial charge in [-0.3, -0.25) is 19.3 Å². The lowest BCUT2D eigenvalue weighted by molar-refractivity contribution is -0.173. The molecule has 1 aliphatic carbocycles. The van der Waals surface area contributed by atoms with Crippen molar-refractivity contribution in [1.29, 1.82) is 0 Å². The van der Waals surface area contributed by atoms with E-state index in [0.717, 1.165) is 24.1 Å². The number of halogens is 4. The van der Waals surface area contributed by atoms with Crippen molar-refractivity contribution < 1.29 is 27.5 Å². The number of fused-ring (bicyclic) bond motifs is 3. The Morgan fingerprint density at radius 2 is 1.71 bits per heavy atom. The van der Waals surface area contributed by atoms with Crippen molar-refractivity contribution in [3.05, 3.63) is 98.7 Å². The molecule has 5 rings (SSSR count). The summed E-state index contributed by atoms with van der Waals surface area (Å²) in [7, 11) is 0. The van der Waals surface area contributed by atoms with E-state index in [9.17, 15) is 32.3 Å². The minimum Gasteiger partial charge on any atom is -0.502 e. The van der Waals surface area contributed by atoms with Gasteiger partial charge in [-0.2, -0.15) is 13.2 Å². The number of nitrogens with zero attached hydrogens (tertiary/aromatic N) is 3. The van der Waals surface area contributed by atoms with Crippen LogP contribution in [0.15, 0.2) is 59.5 Å². The Hall–Kier alpha value is -3.82. The average molecular weight is 487 g/mol. The minimum absolute atomic E-state index is 0.382. The van der Waals surface area contributed by atoms with Gasteiger partial charge in [-0.05, 0) is 48.1 Å². The molecular weight excluding hydrogens is 466 g/mol. The maximum absolute atomic E-state index is 14.9. The third kappa shape index (κ3) is 3.64. The van der Waals surface area contributed by atoms with Gasteiger partial charge in [0.05, 0.1) is 6.04 Å². The second-order valence-corrected chi connectivity index (χ2v) is 8.70. The van der Waals surface area contributed by atoms with Gasteiger partial charge in [-0.15, -0.1) is 0 Å². The summed E-state index contributed by atoms with van der Waals surface area (Å²) in [6, 6.07) is 9.92. The molecule has 0 saturated heterocycles. The summed E-state index contributed by atoms with van der Waals surface area (Å²) in [6.07, 6.45) is -2.61. The Morgan fingerprint density at radius 3 is 2.46 bits per heavy atom. The first-order valence-electron chi connectivity index (χ1n) is 11.0. The SMILES string of the molecule is C[C@@H](N1CN([C@@H]2c3ccccc3CCc3c(F)cccc32)n2ccc(=O)c(O)c2C1=O)C(F)(F)F. The third-order valence-electron chi connectivity index (χ3n) is 6.77. The topological polar surface area (TPSA) is 65.8 Å². The number of aromatic nitrogens is 1. The van der Waals surface area contributed by atoms with Gasteiger partial charge in [-0.1, -0.05) is 36.4 Å². The number of alkyl halides is 3. The average Bonchev–Trinajstić information content (AvgIpc) is 2.98. The molecule has 35 heavy (non-hydrogen) atoms. The van der Waals surface area contributed by atoms with Crippen LogP contribution in [0, 0.1) is 5.82 Å². The van der Waals surface area contributed by atoms with Crippen molar-refractivity contribution in [3.63, 3.8) is 0 Å². The molecule has 182 valence electrons. The van der Waals surface area contributed by atoms with Crippen molar-refractivity contribution in [1.82, 2.24) is 9.58 Å². The Balaban J connectivity index is 1.79. The quantitative estimate of drug-likeness (QED) is 0.558. The molecular formula is C25H21F4N3O3. The second kappa shape index (κ2) is 8.14. The largest absolute Gasteiger partial charge is 0.502 e. The molecule has 2 aliphatic rings. The van der Waals surface area contributed by atoms with Gasteiger partial charge in [-0.25, -0.2) is 4.39 Å². The first kappa shape index (κ1) is 22.9. The predicted octanol–water partition coefficient (Wildman–Crippen LogP) is 3.88. The van der Waals surface area contributed by atoms with Gasteiger partial charge in [0.15, 0.2) is 11.4 Å². The van der Waals surface area contributed by atoms with E-state index in [4.69, 9.17) is 0 Å². The summed E-state index contributed by atoms with van der Waals surface area (Å²) in [4.78, 5) is 25.9. The van der Waals surface area contributed by atoms with E-state index in [0.29, 0.717) is 28.9 Å². The molecule has 2 heterocycles. The summed E-state index contributed by atoms with van der Waals surface area (Å²) < 4.78 is 57.3. The van der Waals surface area contributed by atoms with Crippen molar-refractivity contribution in [3.8, 4) is 5.75 Å². The zero-order valence-electron chi connectivity index (χ0n) is 18.6. The van der Waals surface area contributed by atoms with Gasteiger partial charge in [0.1, 0.15) is 18.5 Å². The lowest BCUT2D eigenvalue weighted by Crippen LogP contribution is -2.60. The molecule has 0 spiro atoms. The van der Waals surface area contributed by atoms with Crippen LogP contribution in [0.1, 0.15) is 45.7 Å². The molecule has 3 aromatic rings. The van der Waals surface area contributed by atoms with E-state index in [1.54, 1.807) is 12.1 Å². The maximum Gasteiger partial charge on any atom is 0.408 e. The molecule has 0 unspecified atom stereocenters. The Bertz CT molecular complexity index is 1390. The van der Waals surface area contributed by atoms with E-state index >= 15 is 0 Å². The highest BCUT2D eigenvalue weighted by molar-refractivity contribution is 5.96. The van der Waals surface area contributed by atoms with Crippen LogP contribution in [-0.2, 0) is 12.8 Å². The van der Waals surface area contributed by atoms with E-state index in [2.05, 4.69) is 0 Å². The molecule has 1 N–H and O–H groups in total. The number of rotatable bonds is 2. The molecule has 0 radical (unpaired) electrons. The third-order valence-corrected chi connectivity index (χ3v) is 6.77. The molecule has 10 heteroatoms. The predicted molar refractivity (Wildman–Crippen MR) is 119 cm³/mol. The standard InChI is InChI=1S/C25H21F4N3O3/c1-14(25(27,28)29)30-13-32(31-12-11-20(33)23(34)22(31)24(30)35)21-16-6-3-2-5-15(16)9-10-17-18(21)7-4-8-19(17)26/h2-8,11-12,14,21,34H,9-10,13H2,1H3/t14-,21-/m1/s1. The van der Waals surface area contributed by atoms with Crippen LogP contribution in [0.3, 0.4) is 0 Å². The summed E-state index contributed by atoms with van der Waals surface area (Å²) in [5.41, 5.74) is 1.11.